The number of carbonyl (C=O) groups is 2. The van der Waals surface area contributed by atoms with E-state index in [0.29, 0.717) is 13.0 Å². The van der Waals surface area contributed by atoms with Crippen molar-refractivity contribution >= 4 is 33.4 Å². The Balaban J connectivity index is 2.14. The molecule has 0 saturated carbocycles. The fourth-order valence-corrected chi connectivity index (χ4v) is 2.83. The molecule has 2 unspecified atom stereocenters. The predicted octanol–water partition coefficient (Wildman–Crippen LogP) is 3.03. The number of benzene rings is 1. The van der Waals surface area contributed by atoms with E-state index in [1.807, 2.05) is 39.0 Å². The van der Waals surface area contributed by atoms with Crippen molar-refractivity contribution in [3.05, 3.63) is 28.2 Å². The number of hydrogen-bond acceptors (Lipinski definition) is 2. The summed E-state index contributed by atoms with van der Waals surface area (Å²) in [5.41, 5.74) is 1.92. The zero-order chi connectivity index (χ0) is 15.6. The van der Waals surface area contributed by atoms with E-state index < -0.39 is 5.92 Å². The Kier molecular flexibility index (Phi) is 5.04. The molecule has 2 rings (SSSR count). The molecule has 0 spiro atoms. The zero-order valence-corrected chi connectivity index (χ0v) is 14.2. The molecule has 21 heavy (non-hydrogen) atoms. The van der Waals surface area contributed by atoms with Gasteiger partial charge < -0.3 is 10.2 Å². The summed E-state index contributed by atoms with van der Waals surface area (Å²) in [6, 6.07) is 5.96. The SMILES string of the molecule is CCC(C)NC(=O)C1CCN(c2cc(Br)ccc2C)C1=O. The first-order chi connectivity index (χ1) is 9.93. The maximum atomic E-state index is 12.5. The van der Waals surface area contributed by atoms with E-state index in [1.54, 1.807) is 4.90 Å². The van der Waals surface area contributed by atoms with Gasteiger partial charge in [0.15, 0.2) is 0 Å². The first-order valence-electron chi connectivity index (χ1n) is 7.32. The summed E-state index contributed by atoms with van der Waals surface area (Å²) in [4.78, 5) is 26.4. The molecule has 1 heterocycles. The van der Waals surface area contributed by atoms with Crippen LogP contribution < -0.4 is 10.2 Å². The Bertz CT molecular complexity index is 559. The second-order valence-electron chi connectivity index (χ2n) is 5.58. The van der Waals surface area contributed by atoms with Gasteiger partial charge in [-0.05, 0) is 44.4 Å². The van der Waals surface area contributed by atoms with Gasteiger partial charge in [0.05, 0.1) is 0 Å². The molecule has 1 aliphatic heterocycles. The number of anilines is 1. The van der Waals surface area contributed by atoms with Gasteiger partial charge >= 0.3 is 0 Å². The van der Waals surface area contributed by atoms with Crippen LogP contribution in [0, 0.1) is 12.8 Å². The molecule has 1 saturated heterocycles. The highest BCUT2D eigenvalue weighted by Crippen LogP contribution is 2.30. The minimum atomic E-state index is -0.558. The van der Waals surface area contributed by atoms with Gasteiger partial charge in [0.2, 0.25) is 11.8 Å². The van der Waals surface area contributed by atoms with Gasteiger partial charge in [-0.2, -0.15) is 0 Å². The number of nitrogens with zero attached hydrogens (tertiary/aromatic N) is 1. The molecule has 1 fully saturated rings. The summed E-state index contributed by atoms with van der Waals surface area (Å²) in [7, 11) is 0. The number of hydrogen-bond donors (Lipinski definition) is 1. The molecule has 1 aliphatic rings. The van der Waals surface area contributed by atoms with Crippen LogP contribution in [0.4, 0.5) is 5.69 Å². The molecule has 0 radical (unpaired) electrons. The van der Waals surface area contributed by atoms with Crippen molar-refractivity contribution in [2.24, 2.45) is 5.92 Å². The maximum Gasteiger partial charge on any atom is 0.239 e. The highest BCUT2D eigenvalue weighted by Gasteiger charge is 2.38. The Labute approximate surface area is 134 Å². The first kappa shape index (κ1) is 16.0. The van der Waals surface area contributed by atoms with Crippen molar-refractivity contribution in [3.63, 3.8) is 0 Å². The summed E-state index contributed by atoms with van der Waals surface area (Å²) in [6.07, 6.45) is 1.44. The lowest BCUT2D eigenvalue weighted by atomic mass is 10.1. The van der Waals surface area contributed by atoms with E-state index in [9.17, 15) is 9.59 Å². The van der Waals surface area contributed by atoms with Gasteiger partial charge in [-0.25, -0.2) is 0 Å². The maximum absolute atomic E-state index is 12.5. The molecule has 0 bridgehead atoms. The van der Waals surface area contributed by atoms with Crippen molar-refractivity contribution in [2.75, 3.05) is 11.4 Å². The smallest absolute Gasteiger partial charge is 0.239 e. The highest BCUT2D eigenvalue weighted by molar-refractivity contribution is 9.10. The number of halogens is 1. The third-order valence-corrected chi connectivity index (χ3v) is 4.48. The van der Waals surface area contributed by atoms with Gasteiger partial charge in [0, 0.05) is 22.7 Å². The van der Waals surface area contributed by atoms with Gasteiger partial charge in [-0.3, -0.25) is 9.59 Å². The molecule has 0 aliphatic carbocycles. The second-order valence-corrected chi connectivity index (χ2v) is 6.50. The predicted molar refractivity (Wildman–Crippen MR) is 87.2 cm³/mol. The van der Waals surface area contributed by atoms with Crippen LogP contribution in [-0.4, -0.2) is 24.4 Å². The van der Waals surface area contributed by atoms with Crippen LogP contribution in [0.2, 0.25) is 0 Å². The van der Waals surface area contributed by atoms with Crippen molar-refractivity contribution < 1.29 is 9.59 Å². The molecule has 2 atom stereocenters. The standard InChI is InChI=1S/C16H21BrN2O2/c1-4-11(3)18-15(20)13-7-8-19(16(13)21)14-9-12(17)6-5-10(14)2/h5-6,9,11,13H,4,7-8H2,1-3H3,(H,18,20). The fourth-order valence-electron chi connectivity index (χ4n) is 2.48. The lowest BCUT2D eigenvalue weighted by molar-refractivity contribution is -0.132. The van der Waals surface area contributed by atoms with Crippen molar-refractivity contribution in [1.29, 1.82) is 0 Å². The third kappa shape index (κ3) is 3.46. The van der Waals surface area contributed by atoms with E-state index in [2.05, 4.69) is 21.2 Å². The van der Waals surface area contributed by atoms with Gasteiger partial charge in [0.25, 0.3) is 0 Å². The number of nitrogens with one attached hydrogen (secondary N) is 1. The summed E-state index contributed by atoms with van der Waals surface area (Å²) in [6.45, 7) is 6.53. The van der Waals surface area contributed by atoms with E-state index >= 15 is 0 Å². The van der Waals surface area contributed by atoms with Crippen LogP contribution in [0.25, 0.3) is 0 Å². The number of carbonyl (C=O) groups excluding carboxylic acids is 2. The molecule has 5 heteroatoms. The quantitative estimate of drug-likeness (QED) is 0.846. The number of rotatable bonds is 4. The Morgan fingerprint density at radius 3 is 2.90 bits per heavy atom. The van der Waals surface area contributed by atoms with E-state index in [-0.39, 0.29) is 17.9 Å². The van der Waals surface area contributed by atoms with E-state index in [1.165, 1.54) is 0 Å². The topological polar surface area (TPSA) is 49.4 Å². The van der Waals surface area contributed by atoms with Crippen LogP contribution in [0.1, 0.15) is 32.3 Å². The molecular weight excluding hydrogens is 332 g/mol. The number of amides is 2. The van der Waals surface area contributed by atoms with E-state index in [4.69, 9.17) is 0 Å². The molecule has 4 nitrogen and oxygen atoms in total. The minimum absolute atomic E-state index is 0.1000. The summed E-state index contributed by atoms with van der Waals surface area (Å²) >= 11 is 3.43. The molecule has 2 amide bonds. The molecule has 0 aromatic heterocycles. The summed E-state index contributed by atoms with van der Waals surface area (Å²) < 4.78 is 0.934. The summed E-state index contributed by atoms with van der Waals surface area (Å²) in [5, 5.41) is 2.90. The normalized spacial score (nSPS) is 19.7. The summed E-state index contributed by atoms with van der Waals surface area (Å²) in [5.74, 6) is -0.807. The van der Waals surface area contributed by atoms with Crippen molar-refractivity contribution in [2.45, 2.75) is 39.7 Å². The average molecular weight is 353 g/mol. The van der Waals surface area contributed by atoms with Crippen LogP contribution >= 0.6 is 15.9 Å². The van der Waals surface area contributed by atoms with Crippen LogP contribution in [0.5, 0.6) is 0 Å². The number of aryl methyl sites for hydroxylation is 1. The fraction of sp³-hybridized carbons (Fsp3) is 0.500. The first-order valence-corrected chi connectivity index (χ1v) is 8.11. The third-order valence-electron chi connectivity index (χ3n) is 3.99. The Hall–Kier alpha value is -1.36. The Morgan fingerprint density at radius 1 is 1.52 bits per heavy atom. The molecule has 1 aromatic rings. The molecule has 1 aromatic carbocycles. The minimum Gasteiger partial charge on any atom is -0.353 e. The monoisotopic (exact) mass is 352 g/mol. The lowest BCUT2D eigenvalue weighted by Gasteiger charge is -2.20. The Morgan fingerprint density at radius 2 is 2.24 bits per heavy atom. The van der Waals surface area contributed by atoms with Crippen LogP contribution in [0.3, 0.4) is 0 Å². The average Bonchev–Trinajstić information content (AvgIpc) is 2.83. The van der Waals surface area contributed by atoms with E-state index in [0.717, 1.165) is 22.1 Å². The molecule has 1 N–H and O–H groups in total. The highest BCUT2D eigenvalue weighted by atomic mass is 79.9. The van der Waals surface area contributed by atoms with Crippen molar-refractivity contribution in [3.8, 4) is 0 Å². The van der Waals surface area contributed by atoms with Gasteiger partial charge in [-0.1, -0.05) is 28.9 Å². The largest absolute Gasteiger partial charge is 0.353 e. The zero-order valence-electron chi connectivity index (χ0n) is 12.6. The van der Waals surface area contributed by atoms with Crippen LogP contribution in [0.15, 0.2) is 22.7 Å². The molecule has 114 valence electrons. The van der Waals surface area contributed by atoms with Crippen molar-refractivity contribution in [1.82, 2.24) is 5.32 Å². The second kappa shape index (κ2) is 6.60. The van der Waals surface area contributed by atoms with Gasteiger partial charge in [0.1, 0.15) is 5.92 Å². The molecular formula is C16H21BrN2O2. The van der Waals surface area contributed by atoms with Crippen LogP contribution in [-0.2, 0) is 9.59 Å². The van der Waals surface area contributed by atoms with Gasteiger partial charge in [-0.15, -0.1) is 0 Å². The lowest BCUT2D eigenvalue weighted by Crippen LogP contribution is -2.40.